The number of alkyl halides is 1. The molecule has 0 aliphatic carbocycles. The molecule has 5 rings (SSSR count). The van der Waals surface area contributed by atoms with E-state index in [0.717, 1.165) is 23.3 Å². The number of halogens is 1. The molecule has 164 valence electrons. The Morgan fingerprint density at radius 1 is 1.13 bits per heavy atom. The zero-order chi connectivity index (χ0) is 22.1. The van der Waals surface area contributed by atoms with Crippen LogP contribution in [0.4, 0.5) is 10.2 Å². The first-order valence-corrected chi connectivity index (χ1v) is 10.7. The monoisotopic (exact) mass is 425 g/mol. The maximum atomic E-state index is 15.5. The molecular formula is C22H28FN7O. The second-order valence-electron chi connectivity index (χ2n) is 10.00. The molecule has 2 atom stereocenters. The molecule has 31 heavy (non-hydrogen) atoms. The number of piperidine rings is 1. The average molecular weight is 426 g/mol. The first-order valence-electron chi connectivity index (χ1n) is 10.7. The fourth-order valence-corrected chi connectivity index (χ4v) is 5.29. The van der Waals surface area contributed by atoms with Crippen molar-refractivity contribution in [1.29, 1.82) is 0 Å². The van der Waals surface area contributed by atoms with Gasteiger partial charge in [-0.15, -0.1) is 15.3 Å². The number of benzene rings is 1. The molecule has 9 heteroatoms. The highest BCUT2D eigenvalue weighted by molar-refractivity contribution is 5.85. The van der Waals surface area contributed by atoms with Crippen molar-refractivity contribution in [1.82, 2.24) is 30.5 Å². The lowest BCUT2D eigenvalue weighted by molar-refractivity contribution is 0.0555. The summed E-state index contributed by atoms with van der Waals surface area (Å²) in [5.74, 6) is 0.845. The molecular weight excluding hydrogens is 397 g/mol. The van der Waals surface area contributed by atoms with Crippen LogP contribution in [-0.4, -0.2) is 60.1 Å². The number of phenols is 1. The SMILES string of the molecule is Cn1nnc2cc(-c3cc4c(nn3)N([C@H]3CC(C)(C)NC(C)(C)[C@H]3F)CC4)c(O)cc21. The Morgan fingerprint density at radius 2 is 1.90 bits per heavy atom. The lowest BCUT2D eigenvalue weighted by Gasteiger charge is -2.51. The van der Waals surface area contributed by atoms with E-state index in [1.807, 2.05) is 19.9 Å². The maximum absolute atomic E-state index is 15.5. The van der Waals surface area contributed by atoms with Gasteiger partial charge in [-0.3, -0.25) is 0 Å². The van der Waals surface area contributed by atoms with Crippen molar-refractivity contribution in [3.05, 3.63) is 23.8 Å². The van der Waals surface area contributed by atoms with Crippen LogP contribution >= 0.6 is 0 Å². The Kier molecular flexibility index (Phi) is 4.28. The predicted octanol–water partition coefficient (Wildman–Crippen LogP) is 2.75. The summed E-state index contributed by atoms with van der Waals surface area (Å²) in [5, 5.41) is 31.0. The van der Waals surface area contributed by atoms with Gasteiger partial charge in [-0.1, -0.05) is 5.21 Å². The van der Waals surface area contributed by atoms with E-state index in [-0.39, 0.29) is 17.3 Å². The van der Waals surface area contributed by atoms with Gasteiger partial charge in [0.1, 0.15) is 17.4 Å². The minimum atomic E-state index is -1.03. The number of hydrogen-bond donors (Lipinski definition) is 2. The first-order chi connectivity index (χ1) is 14.6. The van der Waals surface area contributed by atoms with E-state index in [1.165, 1.54) is 0 Å². The molecule has 0 unspecified atom stereocenters. The van der Waals surface area contributed by atoms with Crippen molar-refractivity contribution in [2.75, 3.05) is 11.4 Å². The number of nitrogens with one attached hydrogen (secondary N) is 1. The van der Waals surface area contributed by atoms with Crippen molar-refractivity contribution in [2.24, 2.45) is 7.05 Å². The second-order valence-corrected chi connectivity index (χ2v) is 10.00. The highest BCUT2D eigenvalue weighted by Crippen LogP contribution is 2.40. The normalized spacial score (nSPS) is 24.5. The molecule has 2 aliphatic heterocycles. The second kappa shape index (κ2) is 6.59. The molecule has 8 nitrogen and oxygen atoms in total. The van der Waals surface area contributed by atoms with E-state index in [0.29, 0.717) is 29.7 Å². The van der Waals surface area contributed by atoms with Crippen LogP contribution in [0.3, 0.4) is 0 Å². The van der Waals surface area contributed by atoms with Crippen LogP contribution in [0.2, 0.25) is 0 Å². The van der Waals surface area contributed by atoms with Gasteiger partial charge in [0, 0.05) is 41.9 Å². The Bertz CT molecular complexity index is 1170. The Hall–Kier alpha value is -2.81. The van der Waals surface area contributed by atoms with Crippen LogP contribution in [0.5, 0.6) is 5.75 Å². The molecule has 1 saturated heterocycles. The van der Waals surface area contributed by atoms with E-state index in [1.54, 1.807) is 23.9 Å². The fourth-order valence-electron chi connectivity index (χ4n) is 5.29. The molecule has 1 fully saturated rings. The summed E-state index contributed by atoms with van der Waals surface area (Å²) in [4.78, 5) is 2.08. The summed E-state index contributed by atoms with van der Waals surface area (Å²) in [6, 6.07) is 5.09. The fraction of sp³-hybridized carbons (Fsp3) is 0.545. The summed E-state index contributed by atoms with van der Waals surface area (Å²) in [6.45, 7) is 8.78. The number of anilines is 1. The van der Waals surface area contributed by atoms with Crippen molar-refractivity contribution in [3.8, 4) is 17.0 Å². The number of aromatic hydroxyl groups is 1. The molecule has 0 radical (unpaired) electrons. The average Bonchev–Trinajstić information content (AvgIpc) is 3.26. The molecule has 4 heterocycles. The molecule has 2 aromatic heterocycles. The van der Waals surface area contributed by atoms with Crippen molar-refractivity contribution in [3.63, 3.8) is 0 Å². The van der Waals surface area contributed by atoms with Crippen molar-refractivity contribution >= 4 is 16.9 Å². The third-order valence-corrected chi connectivity index (χ3v) is 6.56. The number of fused-ring (bicyclic) bond motifs is 2. The van der Waals surface area contributed by atoms with E-state index >= 15 is 4.39 Å². The van der Waals surface area contributed by atoms with Gasteiger partial charge in [-0.2, -0.15) is 0 Å². The maximum Gasteiger partial charge on any atom is 0.154 e. The molecule has 1 aromatic carbocycles. The zero-order valence-corrected chi connectivity index (χ0v) is 18.5. The molecule has 2 N–H and O–H groups in total. The Balaban J connectivity index is 1.50. The largest absolute Gasteiger partial charge is 0.507 e. The van der Waals surface area contributed by atoms with Crippen LogP contribution in [0.25, 0.3) is 22.3 Å². The number of hydrogen-bond acceptors (Lipinski definition) is 7. The summed E-state index contributed by atoms with van der Waals surface area (Å²) in [7, 11) is 1.78. The Morgan fingerprint density at radius 3 is 2.68 bits per heavy atom. The van der Waals surface area contributed by atoms with Gasteiger partial charge >= 0.3 is 0 Å². The van der Waals surface area contributed by atoms with E-state index in [9.17, 15) is 5.11 Å². The van der Waals surface area contributed by atoms with E-state index in [2.05, 4.69) is 44.6 Å². The van der Waals surface area contributed by atoms with Gasteiger partial charge in [0.05, 0.1) is 17.3 Å². The third-order valence-electron chi connectivity index (χ3n) is 6.56. The number of rotatable bonds is 2. The van der Waals surface area contributed by atoms with Gasteiger partial charge in [-0.05, 0) is 52.7 Å². The lowest BCUT2D eigenvalue weighted by Crippen LogP contribution is -2.69. The van der Waals surface area contributed by atoms with Crippen LogP contribution in [0.1, 0.15) is 39.7 Å². The third kappa shape index (κ3) is 3.22. The van der Waals surface area contributed by atoms with Crippen LogP contribution < -0.4 is 10.2 Å². The Labute approximate surface area is 180 Å². The highest BCUT2D eigenvalue weighted by atomic mass is 19.1. The molecule has 0 spiro atoms. The first kappa shape index (κ1) is 20.1. The molecule has 0 amide bonds. The van der Waals surface area contributed by atoms with Gasteiger partial charge in [-0.25, -0.2) is 9.07 Å². The summed E-state index contributed by atoms with van der Waals surface area (Å²) >= 11 is 0. The number of aromatic nitrogens is 5. The summed E-state index contributed by atoms with van der Waals surface area (Å²) in [6.07, 6.45) is 0.421. The number of aryl methyl sites for hydroxylation is 1. The van der Waals surface area contributed by atoms with Gasteiger partial charge < -0.3 is 15.3 Å². The number of nitrogens with zero attached hydrogens (tertiary/aromatic N) is 6. The van der Waals surface area contributed by atoms with Gasteiger partial charge in [0.15, 0.2) is 5.82 Å². The van der Waals surface area contributed by atoms with Crippen LogP contribution in [-0.2, 0) is 13.5 Å². The smallest absolute Gasteiger partial charge is 0.154 e. The van der Waals surface area contributed by atoms with Crippen molar-refractivity contribution in [2.45, 2.75) is 63.8 Å². The minimum Gasteiger partial charge on any atom is -0.507 e. The predicted molar refractivity (Wildman–Crippen MR) is 117 cm³/mol. The minimum absolute atomic E-state index is 0.104. The van der Waals surface area contributed by atoms with Gasteiger partial charge in [0.2, 0.25) is 0 Å². The summed E-state index contributed by atoms with van der Waals surface area (Å²) in [5.41, 5.74) is 2.78. The molecule has 3 aromatic rings. The zero-order valence-electron chi connectivity index (χ0n) is 18.5. The topological polar surface area (TPSA) is 92.0 Å². The lowest BCUT2D eigenvalue weighted by atomic mass is 9.77. The van der Waals surface area contributed by atoms with E-state index < -0.39 is 11.7 Å². The quantitative estimate of drug-likeness (QED) is 0.652. The molecule has 0 saturated carbocycles. The summed E-state index contributed by atoms with van der Waals surface area (Å²) < 4.78 is 17.1. The molecule has 2 aliphatic rings. The number of phenolic OH excluding ortho intramolecular Hbond substituents is 1. The van der Waals surface area contributed by atoms with Gasteiger partial charge in [0.25, 0.3) is 0 Å². The van der Waals surface area contributed by atoms with Crippen LogP contribution in [0, 0.1) is 0 Å². The van der Waals surface area contributed by atoms with Crippen molar-refractivity contribution < 1.29 is 9.50 Å². The highest BCUT2D eigenvalue weighted by Gasteiger charge is 2.49. The standard InChI is InChI=1S/C22H28FN7O/c1-21(2)11-17(19(23)22(3,4)27-21)30-7-6-12-8-14(24-26-20(12)30)13-9-15-16(10-18(13)31)29(5)28-25-15/h8-10,17,19,27,31H,6-7,11H2,1-5H3/t17-,19-/m0/s1. The molecule has 0 bridgehead atoms. The van der Waals surface area contributed by atoms with E-state index in [4.69, 9.17) is 0 Å². The van der Waals surface area contributed by atoms with Crippen LogP contribution in [0.15, 0.2) is 18.2 Å².